The van der Waals surface area contributed by atoms with Gasteiger partial charge in [0.2, 0.25) is 11.8 Å². The van der Waals surface area contributed by atoms with Gasteiger partial charge in [0.25, 0.3) is 0 Å². The molecule has 2 aromatic heterocycles. The number of anilines is 2. The van der Waals surface area contributed by atoms with E-state index in [2.05, 4.69) is 15.3 Å². The van der Waals surface area contributed by atoms with Gasteiger partial charge in [0.15, 0.2) is 0 Å². The van der Waals surface area contributed by atoms with E-state index in [9.17, 15) is 40.4 Å². The molecule has 3 N–H and O–H groups in total. The Bertz CT molecular complexity index is 1950. The third kappa shape index (κ3) is 11.5. The number of hydrogen-bond acceptors (Lipinski definition) is 7. The van der Waals surface area contributed by atoms with E-state index >= 15 is 0 Å². The van der Waals surface area contributed by atoms with Gasteiger partial charge in [-0.2, -0.15) is 26.6 Å². The summed E-state index contributed by atoms with van der Waals surface area (Å²) in [6.07, 6.45) is 1.74. The smallest absolute Gasteiger partial charge is 0.325 e. The van der Waals surface area contributed by atoms with E-state index in [-0.39, 0.29) is 30.3 Å². The minimum atomic E-state index is -4.94. The lowest BCUT2D eigenvalue weighted by Gasteiger charge is -2.26. The maximum Gasteiger partial charge on any atom is 0.330 e. The monoisotopic (exact) mass is 749 g/mol. The van der Waals surface area contributed by atoms with Crippen molar-refractivity contribution < 1.29 is 40.4 Å². The molecule has 2 heterocycles. The molecule has 12 nitrogen and oxygen atoms in total. The standard InChI is InChI=1S/C33H33F4N7O5S.H2S/c1-19-5-7-27(17-38-19)43(3)31(45)29(13-21-9-23(34)15-24(35)10-21)40-33(47)42-50(48,49)41-30(14-22-11-25(36)16-26(37)12-22)32(46)44(4)28-8-6-20(2)39-18-28;/h5-12,15-18,29-30,41H,13-14H2,1-4H3,(H2,40,42,47);1H2/t29-,30-;/m0./s1. The van der Waals surface area contributed by atoms with E-state index in [1.807, 2.05) is 4.72 Å². The van der Waals surface area contributed by atoms with Crippen LogP contribution in [0, 0.1) is 37.1 Å². The molecule has 51 heavy (non-hydrogen) atoms. The van der Waals surface area contributed by atoms with Crippen LogP contribution < -0.4 is 24.6 Å². The van der Waals surface area contributed by atoms with Gasteiger partial charge in [0, 0.05) is 44.0 Å². The van der Waals surface area contributed by atoms with E-state index in [1.165, 1.54) is 26.5 Å². The van der Waals surface area contributed by atoms with Crippen molar-refractivity contribution in [3.8, 4) is 0 Å². The van der Waals surface area contributed by atoms with Gasteiger partial charge in [-0.05, 0) is 79.9 Å². The number of carbonyl (C=O) groups is 3. The minimum absolute atomic E-state index is 0. The van der Waals surface area contributed by atoms with Crippen LogP contribution in [0.5, 0.6) is 0 Å². The molecule has 4 aromatic rings. The van der Waals surface area contributed by atoms with E-state index < -0.39 is 76.2 Å². The van der Waals surface area contributed by atoms with Crippen LogP contribution in [0.3, 0.4) is 0 Å². The summed E-state index contributed by atoms with van der Waals surface area (Å²) in [5.41, 5.74) is 1.75. The maximum absolute atomic E-state index is 14.0. The van der Waals surface area contributed by atoms with Crippen LogP contribution in [0.1, 0.15) is 22.5 Å². The molecule has 2 atom stereocenters. The zero-order valence-corrected chi connectivity index (χ0v) is 29.6. The Balaban J connectivity index is 0.00000702. The fourth-order valence-corrected chi connectivity index (χ4v) is 5.79. The van der Waals surface area contributed by atoms with Gasteiger partial charge in [-0.25, -0.2) is 27.1 Å². The van der Waals surface area contributed by atoms with Crippen LogP contribution in [-0.2, 0) is 32.6 Å². The molecule has 0 aliphatic rings. The molecule has 0 saturated carbocycles. The highest BCUT2D eigenvalue weighted by Crippen LogP contribution is 2.18. The van der Waals surface area contributed by atoms with Gasteiger partial charge >= 0.3 is 16.2 Å². The van der Waals surface area contributed by atoms with Crippen molar-refractivity contribution in [1.82, 2.24) is 24.7 Å². The second-order valence-electron chi connectivity index (χ2n) is 11.4. The topological polar surface area (TPSA) is 154 Å². The van der Waals surface area contributed by atoms with Gasteiger partial charge < -0.3 is 15.1 Å². The summed E-state index contributed by atoms with van der Waals surface area (Å²) in [7, 11) is -2.25. The first-order chi connectivity index (χ1) is 23.5. The number of halogens is 4. The molecule has 0 fully saturated rings. The van der Waals surface area contributed by atoms with Crippen LogP contribution in [0.15, 0.2) is 73.1 Å². The number of urea groups is 1. The fourth-order valence-electron chi connectivity index (χ4n) is 4.87. The molecule has 4 rings (SSSR count). The number of likely N-dealkylation sites (N-methyl/N-ethyl adjacent to an activating group) is 2. The van der Waals surface area contributed by atoms with Crippen LogP contribution in [0.25, 0.3) is 0 Å². The summed E-state index contributed by atoms with van der Waals surface area (Å²) >= 11 is 0. The van der Waals surface area contributed by atoms with E-state index in [0.29, 0.717) is 29.2 Å². The highest BCUT2D eigenvalue weighted by atomic mass is 32.2. The van der Waals surface area contributed by atoms with E-state index in [4.69, 9.17) is 0 Å². The predicted octanol–water partition coefficient (Wildman–Crippen LogP) is 3.74. The summed E-state index contributed by atoms with van der Waals surface area (Å²) < 4.78 is 86.2. The van der Waals surface area contributed by atoms with Gasteiger partial charge in [-0.15, -0.1) is 0 Å². The van der Waals surface area contributed by atoms with Crippen molar-refractivity contribution >= 4 is 52.9 Å². The SMILES string of the molecule is Cc1ccc(N(C)C(=O)[C@H](Cc2cc(F)cc(F)c2)NC(=O)NS(=O)(=O)N[C@@H](Cc2cc(F)cc(F)c2)C(=O)N(C)c2ccc(C)nc2)cn1.S. The molecular weight excluding hydrogens is 715 g/mol. The van der Waals surface area contributed by atoms with Crippen LogP contribution in [0.4, 0.5) is 33.7 Å². The van der Waals surface area contributed by atoms with E-state index in [0.717, 1.165) is 34.1 Å². The summed E-state index contributed by atoms with van der Waals surface area (Å²) in [4.78, 5) is 50.6. The summed E-state index contributed by atoms with van der Waals surface area (Å²) in [6, 6.07) is 6.56. The van der Waals surface area contributed by atoms with Crippen LogP contribution in [-0.4, -0.2) is 62.4 Å². The highest BCUT2D eigenvalue weighted by molar-refractivity contribution is 7.88. The Kier molecular flexibility index (Phi) is 13.6. The van der Waals surface area contributed by atoms with Gasteiger partial charge in [0.05, 0.1) is 23.8 Å². The summed E-state index contributed by atoms with van der Waals surface area (Å²) in [5.74, 6) is -5.50. The Hall–Kier alpha value is -5.07. The third-order valence-corrected chi connectivity index (χ3v) is 8.43. The minimum Gasteiger partial charge on any atom is -0.325 e. The fraction of sp³-hybridized carbons (Fsp3) is 0.242. The number of nitrogens with zero attached hydrogens (tertiary/aromatic N) is 4. The first-order valence-electron chi connectivity index (χ1n) is 14.9. The number of nitrogens with one attached hydrogen (secondary N) is 3. The first-order valence-corrected chi connectivity index (χ1v) is 16.4. The Morgan fingerprint density at radius 2 is 1.08 bits per heavy atom. The summed E-state index contributed by atoms with van der Waals surface area (Å²) in [5, 5.41) is 2.21. The maximum atomic E-state index is 14.0. The molecule has 2 aromatic carbocycles. The Morgan fingerprint density at radius 3 is 1.47 bits per heavy atom. The molecule has 0 aliphatic heterocycles. The number of aryl methyl sites for hydroxylation is 2. The summed E-state index contributed by atoms with van der Waals surface area (Å²) in [6.45, 7) is 3.43. The second-order valence-corrected chi connectivity index (χ2v) is 12.8. The molecule has 0 spiro atoms. The molecule has 4 amide bonds. The number of amides is 4. The van der Waals surface area contributed by atoms with Crippen molar-refractivity contribution in [3.63, 3.8) is 0 Å². The average molecular weight is 750 g/mol. The van der Waals surface area contributed by atoms with Crippen molar-refractivity contribution in [2.45, 2.75) is 38.8 Å². The Labute approximate surface area is 298 Å². The van der Waals surface area contributed by atoms with Crippen LogP contribution >= 0.6 is 13.5 Å². The number of carbonyl (C=O) groups excluding carboxylic acids is 3. The lowest BCUT2D eigenvalue weighted by Crippen LogP contribution is -2.57. The zero-order valence-electron chi connectivity index (χ0n) is 27.7. The zero-order chi connectivity index (χ0) is 36.7. The van der Waals surface area contributed by atoms with Crippen molar-refractivity contribution in [2.24, 2.45) is 0 Å². The lowest BCUT2D eigenvalue weighted by molar-refractivity contribution is -0.120. The largest absolute Gasteiger partial charge is 0.330 e. The number of aromatic nitrogens is 2. The highest BCUT2D eigenvalue weighted by Gasteiger charge is 2.31. The van der Waals surface area contributed by atoms with Crippen molar-refractivity contribution in [1.29, 1.82) is 0 Å². The average Bonchev–Trinajstić information content (AvgIpc) is 3.02. The Morgan fingerprint density at radius 1 is 0.686 bits per heavy atom. The van der Waals surface area contributed by atoms with Gasteiger partial charge in [-0.1, -0.05) is 0 Å². The second kappa shape index (κ2) is 17.2. The molecule has 272 valence electrons. The lowest BCUT2D eigenvalue weighted by atomic mass is 10.0. The quantitative estimate of drug-likeness (QED) is 0.187. The van der Waals surface area contributed by atoms with Crippen molar-refractivity contribution in [2.75, 3.05) is 23.9 Å². The molecule has 0 radical (unpaired) electrons. The first kappa shape index (κ1) is 40.4. The van der Waals surface area contributed by atoms with Crippen LogP contribution in [0.2, 0.25) is 0 Å². The number of pyridine rings is 2. The molecular formula is C33H35F4N7O5S2. The molecule has 0 unspecified atom stereocenters. The molecule has 0 saturated heterocycles. The van der Waals surface area contributed by atoms with Gasteiger partial charge in [-0.3, -0.25) is 19.6 Å². The predicted molar refractivity (Wildman–Crippen MR) is 187 cm³/mol. The number of benzene rings is 2. The number of rotatable bonds is 12. The van der Waals surface area contributed by atoms with Crippen molar-refractivity contribution in [3.05, 3.63) is 119 Å². The molecule has 0 bridgehead atoms. The molecule has 0 aliphatic carbocycles. The van der Waals surface area contributed by atoms with Gasteiger partial charge in [0.1, 0.15) is 35.4 Å². The number of hydrogen-bond donors (Lipinski definition) is 3. The third-order valence-electron chi connectivity index (χ3n) is 7.38. The van der Waals surface area contributed by atoms with E-state index in [1.54, 1.807) is 42.8 Å². The molecule has 18 heteroatoms. The normalized spacial score (nSPS) is 12.2.